The lowest BCUT2D eigenvalue weighted by Crippen LogP contribution is -2.39. The van der Waals surface area contributed by atoms with Crippen LogP contribution in [-0.2, 0) is 6.54 Å². The van der Waals surface area contributed by atoms with Crippen molar-refractivity contribution in [2.24, 2.45) is 5.73 Å². The van der Waals surface area contributed by atoms with Crippen molar-refractivity contribution in [3.05, 3.63) is 98.7 Å². The lowest BCUT2D eigenvalue weighted by Gasteiger charge is -2.32. The number of nitrogens with two attached hydrogens (primary N) is 1. The Balaban J connectivity index is 0.000000206. The SMILES string of the molecule is CCN1CCC(N)CC1.Cc1ccc(Nc2nc(Cl)nc(NC3CCCCCC3)n2)cc1Cl.Cc1ccc(Nc2nc(NC3CCCCCC3)nc(NC3CCN(Cc4ccccc4)CC3)n2)cc1Cl.N#N. The summed E-state index contributed by atoms with van der Waals surface area (Å²) in [6, 6.07) is 23.9. The Kier molecular flexibility index (Phi) is 23.5. The van der Waals surface area contributed by atoms with Crippen LogP contribution in [0, 0.1) is 24.6 Å². The zero-order chi connectivity index (χ0) is 51.1. The average Bonchev–Trinajstić information content (AvgIpc) is 3.81. The molecule has 0 unspecified atom stereocenters. The molecule has 4 heterocycles. The van der Waals surface area contributed by atoms with E-state index in [1.54, 1.807) is 0 Å². The number of hydrogen-bond acceptors (Lipinski definition) is 16. The number of likely N-dealkylation sites (tertiary alicyclic amines) is 2. The summed E-state index contributed by atoms with van der Waals surface area (Å²) in [4.78, 5) is 32.0. The van der Waals surface area contributed by atoms with Gasteiger partial charge in [0.25, 0.3) is 0 Å². The monoisotopic (exact) mass is 1040 g/mol. The number of benzene rings is 3. The first-order valence-electron chi connectivity index (χ1n) is 26.0. The summed E-state index contributed by atoms with van der Waals surface area (Å²) >= 11 is 18.6. The maximum Gasteiger partial charge on any atom is 0.233 e. The minimum absolute atomic E-state index is 0.168. The van der Waals surface area contributed by atoms with Gasteiger partial charge in [-0.1, -0.05) is 124 Å². The summed E-state index contributed by atoms with van der Waals surface area (Å²) in [5.74, 6) is 2.70. The quantitative estimate of drug-likeness (QED) is 0.0477. The van der Waals surface area contributed by atoms with E-state index in [0.29, 0.717) is 58.9 Å². The topological polar surface area (TPSA) is 218 Å². The molecule has 0 bridgehead atoms. The fourth-order valence-electron chi connectivity index (χ4n) is 9.37. The van der Waals surface area contributed by atoms with Crippen LogP contribution in [0.2, 0.25) is 15.3 Å². The second-order valence-electron chi connectivity index (χ2n) is 19.4. The van der Waals surface area contributed by atoms with Gasteiger partial charge in [-0.25, -0.2) is 0 Å². The highest BCUT2D eigenvalue weighted by Crippen LogP contribution is 2.27. The van der Waals surface area contributed by atoms with Gasteiger partial charge in [-0.05, 0) is 137 Å². The molecule has 3 aromatic carbocycles. The molecule has 0 spiro atoms. The number of piperidine rings is 2. The summed E-state index contributed by atoms with van der Waals surface area (Å²) in [5, 5.41) is 30.7. The molecular weight excluding hydrogens is 967 g/mol. The van der Waals surface area contributed by atoms with Gasteiger partial charge in [0.05, 0.1) is 0 Å². The Bertz CT molecular complexity index is 2380. The number of aryl methyl sites for hydroxylation is 2. The van der Waals surface area contributed by atoms with Crippen molar-refractivity contribution in [2.45, 2.75) is 154 Å². The third kappa shape index (κ3) is 19.4. The molecule has 0 radical (unpaired) electrons. The molecule has 2 aliphatic carbocycles. The first-order valence-corrected chi connectivity index (χ1v) is 27.1. The zero-order valence-corrected chi connectivity index (χ0v) is 44.7. The highest BCUT2D eigenvalue weighted by Gasteiger charge is 2.22. The second-order valence-corrected chi connectivity index (χ2v) is 20.5. The van der Waals surface area contributed by atoms with Gasteiger partial charge >= 0.3 is 0 Å². The van der Waals surface area contributed by atoms with E-state index in [4.69, 9.17) is 66.3 Å². The summed E-state index contributed by atoms with van der Waals surface area (Å²) in [5.41, 5.74) is 10.8. The van der Waals surface area contributed by atoms with E-state index in [1.807, 2.05) is 50.2 Å². The molecule has 7 N–H and O–H groups in total. The van der Waals surface area contributed by atoms with Crippen LogP contribution < -0.4 is 32.3 Å². The van der Waals surface area contributed by atoms with Crippen LogP contribution in [0.25, 0.3) is 0 Å². The van der Waals surface area contributed by atoms with Crippen LogP contribution in [0.5, 0.6) is 0 Å². The molecule has 0 atom stereocenters. The van der Waals surface area contributed by atoms with Crippen LogP contribution in [-0.4, -0.2) is 96.6 Å². The Morgan fingerprint density at radius 1 is 0.514 bits per heavy atom. The van der Waals surface area contributed by atoms with E-state index in [2.05, 4.69) is 88.6 Å². The van der Waals surface area contributed by atoms with Crippen molar-refractivity contribution in [2.75, 3.05) is 59.3 Å². The Hall–Kier alpha value is -5.15. The number of aromatic nitrogens is 6. The van der Waals surface area contributed by atoms with E-state index < -0.39 is 0 Å². The van der Waals surface area contributed by atoms with E-state index in [9.17, 15) is 0 Å². The first-order chi connectivity index (χ1) is 35.0. The largest absolute Gasteiger partial charge is 0.351 e. The lowest BCUT2D eigenvalue weighted by atomic mass is 10.0. The maximum atomic E-state index is 6.36. The molecule has 2 saturated heterocycles. The van der Waals surface area contributed by atoms with Gasteiger partial charge in [-0.3, -0.25) is 4.90 Å². The molecule has 0 amide bonds. The highest BCUT2D eigenvalue weighted by atomic mass is 35.5. The van der Waals surface area contributed by atoms with E-state index in [1.165, 1.54) is 89.4 Å². The Morgan fingerprint density at radius 2 is 0.917 bits per heavy atom. The van der Waals surface area contributed by atoms with Gasteiger partial charge in [0.15, 0.2) is 0 Å². The number of rotatable bonds is 13. The van der Waals surface area contributed by atoms with Gasteiger partial charge < -0.3 is 37.2 Å². The van der Waals surface area contributed by atoms with Crippen LogP contribution in [0.1, 0.15) is 126 Å². The molecule has 5 aromatic rings. The Labute approximate surface area is 442 Å². The second kappa shape index (κ2) is 30.1. The smallest absolute Gasteiger partial charge is 0.233 e. The molecule has 72 heavy (non-hydrogen) atoms. The molecule has 19 heteroatoms. The van der Waals surface area contributed by atoms with Crippen molar-refractivity contribution >= 4 is 75.9 Å². The maximum absolute atomic E-state index is 6.36. The third-order valence-electron chi connectivity index (χ3n) is 13.7. The van der Waals surface area contributed by atoms with Crippen molar-refractivity contribution in [1.29, 1.82) is 10.8 Å². The molecule has 4 fully saturated rings. The zero-order valence-electron chi connectivity index (χ0n) is 42.4. The molecule has 9 rings (SSSR count). The molecule has 2 saturated carbocycles. The summed E-state index contributed by atoms with van der Waals surface area (Å²) < 4.78 is 0. The highest BCUT2D eigenvalue weighted by molar-refractivity contribution is 6.32. The van der Waals surface area contributed by atoms with Crippen molar-refractivity contribution < 1.29 is 0 Å². The van der Waals surface area contributed by atoms with Crippen molar-refractivity contribution in [3.63, 3.8) is 0 Å². The lowest BCUT2D eigenvalue weighted by molar-refractivity contribution is 0.211. The third-order valence-corrected chi connectivity index (χ3v) is 14.7. The normalized spacial score (nSPS) is 17.5. The van der Waals surface area contributed by atoms with Crippen LogP contribution in [0.4, 0.5) is 41.1 Å². The summed E-state index contributed by atoms with van der Waals surface area (Å²) in [6.07, 6.45) is 19.3. The van der Waals surface area contributed by atoms with Gasteiger partial charge in [-0.2, -0.15) is 29.9 Å². The van der Waals surface area contributed by atoms with E-state index >= 15 is 0 Å². The summed E-state index contributed by atoms with van der Waals surface area (Å²) in [7, 11) is 0. The standard InChI is InChI=1S/C29H38ClN7.C17H21Cl2N5.C7H16N2.N2/c1-21-13-14-25(19-26(21)30)33-29-35-27(31-23-11-7-2-3-8-12-23)34-28(36-29)32-24-15-17-37(18-16-24)20-22-9-5-4-6-10-22;1-11-8-9-13(10-14(11)18)21-17-23-15(19)22-16(24-17)20-12-6-4-2-3-5-7-12;1-2-9-5-3-7(8)4-6-9;1-2/h4-6,9-10,13-14,19,23-24H,2-3,7-8,11-12,15-18,20H2,1H3,(H3,31,32,33,34,35,36);8-10,12H,2-7H2,1H3,(H2,20,21,22,23,24);7H,2-6,8H2,1H3;. The minimum Gasteiger partial charge on any atom is -0.351 e. The molecule has 388 valence electrons. The average molecular weight is 1040 g/mol. The van der Waals surface area contributed by atoms with Crippen molar-refractivity contribution in [1.82, 2.24) is 39.7 Å². The summed E-state index contributed by atoms with van der Waals surface area (Å²) in [6.45, 7) is 12.9. The molecule has 4 aliphatic rings. The fraction of sp³-hybridized carbons (Fsp3) is 0.547. The van der Waals surface area contributed by atoms with Gasteiger partial charge in [0, 0.05) is 76.0 Å². The predicted molar refractivity (Wildman–Crippen MR) is 295 cm³/mol. The fourth-order valence-corrected chi connectivity index (χ4v) is 9.89. The first kappa shape index (κ1) is 56.2. The van der Waals surface area contributed by atoms with Crippen LogP contribution in [0.3, 0.4) is 0 Å². The minimum atomic E-state index is 0.168. The Morgan fingerprint density at radius 3 is 1.38 bits per heavy atom. The predicted octanol–water partition coefficient (Wildman–Crippen LogP) is 12.6. The van der Waals surface area contributed by atoms with Gasteiger partial charge in [-0.15, -0.1) is 0 Å². The number of halogens is 3. The molecule has 2 aliphatic heterocycles. The van der Waals surface area contributed by atoms with E-state index in [-0.39, 0.29) is 5.28 Å². The van der Waals surface area contributed by atoms with E-state index in [0.717, 1.165) is 85.7 Å². The van der Waals surface area contributed by atoms with Crippen LogP contribution in [0.15, 0.2) is 66.7 Å². The number of nitrogens with zero attached hydrogens (tertiary/aromatic N) is 10. The number of nitrogens with one attached hydrogen (secondary N) is 5. The number of anilines is 7. The van der Waals surface area contributed by atoms with Crippen LogP contribution >= 0.6 is 34.8 Å². The van der Waals surface area contributed by atoms with Crippen molar-refractivity contribution in [3.8, 4) is 0 Å². The molecular formula is C53H75Cl3N16. The van der Waals surface area contributed by atoms with Gasteiger partial charge in [0.2, 0.25) is 35.0 Å². The molecule has 2 aromatic heterocycles. The number of hydrogen-bond donors (Lipinski definition) is 6. The van der Waals surface area contributed by atoms with Gasteiger partial charge in [0.1, 0.15) is 0 Å². The molecule has 16 nitrogen and oxygen atoms in total.